The summed E-state index contributed by atoms with van der Waals surface area (Å²) in [5, 5.41) is 2.11. The Bertz CT molecular complexity index is 318. The Morgan fingerprint density at radius 2 is 2.00 bits per heavy atom. The first kappa shape index (κ1) is 9.00. The van der Waals surface area contributed by atoms with Crippen LogP contribution >= 0.6 is 11.3 Å². The number of hydrogen-bond donors (Lipinski definition) is 1. The molecule has 0 bridgehead atoms. The summed E-state index contributed by atoms with van der Waals surface area (Å²) in [6.07, 6.45) is 2.55. The standard InChI is InChI=1S/C10H16N2S/c1-10(2,3)9-12-7(6-4-5-6)8(11)13-9/h6H,4-5,11H2,1-3H3. The van der Waals surface area contributed by atoms with Crippen molar-refractivity contribution in [2.75, 3.05) is 5.73 Å². The summed E-state index contributed by atoms with van der Waals surface area (Å²) in [7, 11) is 0. The van der Waals surface area contributed by atoms with Crippen molar-refractivity contribution in [3.63, 3.8) is 0 Å². The molecule has 0 radical (unpaired) electrons. The summed E-state index contributed by atoms with van der Waals surface area (Å²) in [6.45, 7) is 6.55. The number of nitrogen functional groups attached to an aromatic ring is 1. The van der Waals surface area contributed by atoms with Gasteiger partial charge in [0.25, 0.3) is 0 Å². The van der Waals surface area contributed by atoms with E-state index in [0.717, 1.165) is 10.7 Å². The summed E-state index contributed by atoms with van der Waals surface area (Å²) >= 11 is 1.66. The average Bonchev–Trinajstić information content (AvgIpc) is 2.73. The molecule has 72 valence electrons. The second-order valence-electron chi connectivity index (χ2n) is 4.79. The minimum Gasteiger partial charge on any atom is -0.389 e. The largest absolute Gasteiger partial charge is 0.389 e. The third-order valence-electron chi connectivity index (χ3n) is 2.29. The van der Waals surface area contributed by atoms with E-state index in [1.165, 1.54) is 17.8 Å². The fourth-order valence-electron chi connectivity index (χ4n) is 1.31. The number of nitrogens with zero attached hydrogens (tertiary/aromatic N) is 1. The molecule has 1 aromatic heterocycles. The highest BCUT2D eigenvalue weighted by atomic mass is 32.1. The minimum atomic E-state index is 0.145. The lowest BCUT2D eigenvalue weighted by molar-refractivity contribution is 0.583. The van der Waals surface area contributed by atoms with Crippen molar-refractivity contribution in [1.29, 1.82) is 0 Å². The van der Waals surface area contributed by atoms with Crippen molar-refractivity contribution in [3.8, 4) is 0 Å². The lowest BCUT2D eigenvalue weighted by Crippen LogP contribution is -2.10. The van der Waals surface area contributed by atoms with Crippen molar-refractivity contribution in [2.45, 2.75) is 44.9 Å². The van der Waals surface area contributed by atoms with Crippen LogP contribution in [0.4, 0.5) is 5.00 Å². The molecule has 0 amide bonds. The van der Waals surface area contributed by atoms with Gasteiger partial charge in [0, 0.05) is 11.3 Å². The van der Waals surface area contributed by atoms with Crippen LogP contribution in [0.25, 0.3) is 0 Å². The second-order valence-corrected chi connectivity index (χ2v) is 5.82. The Labute approximate surface area is 83.2 Å². The average molecular weight is 196 g/mol. The first-order chi connectivity index (χ1) is 5.98. The molecule has 1 aromatic rings. The van der Waals surface area contributed by atoms with Crippen LogP contribution in [0.15, 0.2) is 0 Å². The maximum Gasteiger partial charge on any atom is 0.110 e. The van der Waals surface area contributed by atoms with Gasteiger partial charge in [-0.3, -0.25) is 0 Å². The van der Waals surface area contributed by atoms with E-state index in [1.54, 1.807) is 11.3 Å². The smallest absolute Gasteiger partial charge is 0.110 e. The molecule has 0 atom stereocenters. The third kappa shape index (κ3) is 1.70. The Hall–Kier alpha value is -0.570. The van der Waals surface area contributed by atoms with Gasteiger partial charge in [-0.05, 0) is 12.8 Å². The third-order valence-corrected chi connectivity index (χ3v) is 3.61. The van der Waals surface area contributed by atoms with E-state index in [1.807, 2.05) is 0 Å². The molecular weight excluding hydrogens is 180 g/mol. The molecule has 3 heteroatoms. The van der Waals surface area contributed by atoms with Crippen molar-refractivity contribution in [1.82, 2.24) is 4.98 Å². The molecule has 1 fully saturated rings. The second kappa shape index (κ2) is 2.71. The lowest BCUT2D eigenvalue weighted by Gasteiger charge is -2.13. The molecule has 1 aliphatic rings. The van der Waals surface area contributed by atoms with Crippen LogP contribution < -0.4 is 5.73 Å². The zero-order valence-corrected chi connectivity index (χ0v) is 9.24. The van der Waals surface area contributed by atoms with Crippen molar-refractivity contribution >= 4 is 16.3 Å². The maximum absolute atomic E-state index is 5.94. The van der Waals surface area contributed by atoms with Crippen LogP contribution in [-0.2, 0) is 5.41 Å². The first-order valence-electron chi connectivity index (χ1n) is 4.75. The van der Waals surface area contributed by atoms with E-state index in [0.29, 0.717) is 5.92 Å². The van der Waals surface area contributed by atoms with E-state index >= 15 is 0 Å². The Morgan fingerprint density at radius 1 is 1.38 bits per heavy atom. The highest BCUT2D eigenvalue weighted by Gasteiger charge is 2.30. The molecule has 0 saturated heterocycles. The van der Waals surface area contributed by atoms with E-state index in [2.05, 4.69) is 25.8 Å². The zero-order valence-electron chi connectivity index (χ0n) is 8.42. The zero-order chi connectivity index (χ0) is 9.64. The summed E-state index contributed by atoms with van der Waals surface area (Å²) in [5.41, 5.74) is 7.24. The van der Waals surface area contributed by atoms with Crippen LogP contribution in [0.2, 0.25) is 0 Å². The predicted octanol–water partition coefficient (Wildman–Crippen LogP) is 2.90. The first-order valence-corrected chi connectivity index (χ1v) is 5.57. The number of anilines is 1. The Balaban J connectivity index is 2.34. The van der Waals surface area contributed by atoms with Gasteiger partial charge in [0.2, 0.25) is 0 Å². The number of thiazole rings is 1. The fourth-order valence-corrected chi connectivity index (χ4v) is 2.29. The Morgan fingerprint density at radius 3 is 2.38 bits per heavy atom. The minimum absolute atomic E-state index is 0.145. The van der Waals surface area contributed by atoms with Crippen molar-refractivity contribution in [3.05, 3.63) is 10.7 Å². The van der Waals surface area contributed by atoms with Gasteiger partial charge in [0.1, 0.15) is 10.0 Å². The molecule has 1 aliphatic carbocycles. The van der Waals surface area contributed by atoms with Crippen LogP contribution in [0, 0.1) is 0 Å². The van der Waals surface area contributed by atoms with Gasteiger partial charge in [-0.2, -0.15) is 0 Å². The van der Waals surface area contributed by atoms with Crippen molar-refractivity contribution in [2.24, 2.45) is 0 Å². The topological polar surface area (TPSA) is 38.9 Å². The molecule has 1 heterocycles. The number of hydrogen-bond acceptors (Lipinski definition) is 3. The quantitative estimate of drug-likeness (QED) is 0.750. The van der Waals surface area contributed by atoms with Crippen LogP contribution in [0.1, 0.15) is 50.2 Å². The molecule has 1 saturated carbocycles. The molecule has 13 heavy (non-hydrogen) atoms. The summed E-state index contributed by atoms with van der Waals surface area (Å²) in [6, 6.07) is 0. The van der Waals surface area contributed by atoms with Gasteiger partial charge < -0.3 is 5.73 Å². The van der Waals surface area contributed by atoms with Gasteiger partial charge in [-0.15, -0.1) is 11.3 Å². The summed E-state index contributed by atoms with van der Waals surface area (Å²) in [5.74, 6) is 0.673. The number of nitrogens with two attached hydrogens (primary N) is 1. The SMILES string of the molecule is CC(C)(C)c1nc(C2CC2)c(N)s1. The lowest BCUT2D eigenvalue weighted by atomic mass is 9.98. The van der Waals surface area contributed by atoms with Gasteiger partial charge in [0.05, 0.1) is 5.69 Å². The van der Waals surface area contributed by atoms with Crippen LogP contribution in [0.5, 0.6) is 0 Å². The predicted molar refractivity (Wildman–Crippen MR) is 57.2 cm³/mol. The van der Waals surface area contributed by atoms with E-state index in [4.69, 9.17) is 5.73 Å². The van der Waals surface area contributed by atoms with Crippen LogP contribution in [-0.4, -0.2) is 4.98 Å². The molecule has 2 N–H and O–H groups in total. The molecule has 0 aliphatic heterocycles. The molecule has 2 nitrogen and oxygen atoms in total. The van der Waals surface area contributed by atoms with E-state index in [9.17, 15) is 0 Å². The highest BCUT2D eigenvalue weighted by molar-refractivity contribution is 7.15. The summed E-state index contributed by atoms with van der Waals surface area (Å²) in [4.78, 5) is 4.64. The normalized spacial score (nSPS) is 17.8. The number of rotatable bonds is 1. The molecular formula is C10H16N2S. The van der Waals surface area contributed by atoms with Gasteiger partial charge in [0.15, 0.2) is 0 Å². The van der Waals surface area contributed by atoms with E-state index < -0.39 is 0 Å². The maximum atomic E-state index is 5.94. The monoisotopic (exact) mass is 196 g/mol. The van der Waals surface area contributed by atoms with Gasteiger partial charge >= 0.3 is 0 Å². The fraction of sp³-hybridized carbons (Fsp3) is 0.700. The van der Waals surface area contributed by atoms with E-state index in [-0.39, 0.29) is 5.41 Å². The summed E-state index contributed by atoms with van der Waals surface area (Å²) < 4.78 is 0. The number of aromatic nitrogens is 1. The molecule has 0 spiro atoms. The molecule has 2 rings (SSSR count). The van der Waals surface area contributed by atoms with Crippen LogP contribution in [0.3, 0.4) is 0 Å². The van der Waals surface area contributed by atoms with Gasteiger partial charge in [-0.1, -0.05) is 20.8 Å². The Kier molecular flexibility index (Phi) is 1.88. The van der Waals surface area contributed by atoms with Gasteiger partial charge in [-0.25, -0.2) is 4.98 Å². The molecule has 0 aromatic carbocycles. The highest BCUT2D eigenvalue weighted by Crippen LogP contribution is 2.45. The van der Waals surface area contributed by atoms with Crippen molar-refractivity contribution < 1.29 is 0 Å². The molecule has 0 unspecified atom stereocenters.